The Kier molecular flexibility index (Phi) is 3.70. The maximum atomic E-state index is 12.5. The molecule has 1 saturated heterocycles. The molecule has 6 nitrogen and oxygen atoms in total. The van der Waals surface area contributed by atoms with E-state index < -0.39 is 0 Å². The van der Waals surface area contributed by atoms with Gasteiger partial charge in [0.2, 0.25) is 0 Å². The first-order chi connectivity index (χ1) is 11.7. The number of rotatable bonds is 3. The second kappa shape index (κ2) is 6.01. The van der Waals surface area contributed by atoms with Gasteiger partial charge in [0.1, 0.15) is 0 Å². The van der Waals surface area contributed by atoms with E-state index >= 15 is 0 Å². The van der Waals surface area contributed by atoms with Crippen LogP contribution in [0.1, 0.15) is 20.8 Å². The van der Waals surface area contributed by atoms with Crippen molar-refractivity contribution in [2.45, 2.75) is 6.04 Å². The minimum Gasteiger partial charge on any atom is -0.346 e. The van der Waals surface area contributed by atoms with Crippen LogP contribution in [0.2, 0.25) is 0 Å². The fraction of sp³-hybridized carbons (Fsp3) is 0.176. The molecule has 3 aromatic rings. The van der Waals surface area contributed by atoms with E-state index in [4.69, 9.17) is 0 Å². The summed E-state index contributed by atoms with van der Waals surface area (Å²) in [6.07, 6.45) is 0. The van der Waals surface area contributed by atoms with E-state index in [2.05, 4.69) is 14.9 Å². The Morgan fingerprint density at radius 1 is 1.12 bits per heavy atom. The lowest BCUT2D eigenvalue weighted by Gasteiger charge is -2.39. The van der Waals surface area contributed by atoms with Crippen LogP contribution in [0.3, 0.4) is 0 Å². The van der Waals surface area contributed by atoms with E-state index in [0.717, 1.165) is 22.3 Å². The Labute approximate surface area is 142 Å². The van der Waals surface area contributed by atoms with Gasteiger partial charge in [0.05, 0.1) is 6.04 Å². The standard InChI is InChI=1S/C17H14N4O2S/c22-16(14-7-3-5-11-4-1-2-6-13(11)14)18-12-8-21(9-12)17(23)15-10-24-20-19-15/h1-7,10,12H,8-9H2,(H,18,22). The third-order valence-electron chi connectivity index (χ3n) is 4.12. The Bertz CT molecular complexity index is 899. The largest absolute Gasteiger partial charge is 0.346 e. The van der Waals surface area contributed by atoms with E-state index in [9.17, 15) is 9.59 Å². The number of hydrogen-bond acceptors (Lipinski definition) is 5. The lowest BCUT2D eigenvalue weighted by Crippen LogP contribution is -2.61. The van der Waals surface area contributed by atoms with Crippen molar-refractivity contribution < 1.29 is 9.59 Å². The molecule has 0 aliphatic carbocycles. The number of aromatic nitrogens is 2. The van der Waals surface area contributed by atoms with Gasteiger partial charge in [-0.05, 0) is 28.4 Å². The Morgan fingerprint density at radius 3 is 2.71 bits per heavy atom. The van der Waals surface area contributed by atoms with Crippen LogP contribution in [0.4, 0.5) is 0 Å². The third kappa shape index (κ3) is 2.63. The van der Waals surface area contributed by atoms with Gasteiger partial charge < -0.3 is 10.2 Å². The molecule has 24 heavy (non-hydrogen) atoms. The first kappa shape index (κ1) is 14.8. The lowest BCUT2D eigenvalue weighted by molar-refractivity contribution is 0.0537. The van der Waals surface area contributed by atoms with Gasteiger partial charge in [-0.1, -0.05) is 40.9 Å². The molecule has 1 aromatic heterocycles. The van der Waals surface area contributed by atoms with Crippen molar-refractivity contribution in [3.05, 3.63) is 59.1 Å². The Balaban J connectivity index is 1.42. The number of carbonyl (C=O) groups is 2. The highest BCUT2D eigenvalue weighted by molar-refractivity contribution is 7.03. The van der Waals surface area contributed by atoms with Gasteiger partial charge in [0, 0.05) is 24.0 Å². The molecule has 2 amide bonds. The van der Waals surface area contributed by atoms with E-state index in [-0.39, 0.29) is 17.9 Å². The van der Waals surface area contributed by atoms with E-state index in [1.54, 1.807) is 10.3 Å². The highest BCUT2D eigenvalue weighted by Crippen LogP contribution is 2.19. The van der Waals surface area contributed by atoms with Gasteiger partial charge in [-0.25, -0.2) is 0 Å². The summed E-state index contributed by atoms with van der Waals surface area (Å²) >= 11 is 1.15. The number of benzene rings is 2. The lowest BCUT2D eigenvalue weighted by atomic mass is 10.0. The van der Waals surface area contributed by atoms with Crippen LogP contribution in [0.15, 0.2) is 47.8 Å². The first-order valence-corrected chi connectivity index (χ1v) is 8.41. The number of nitrogens with one attached hydrogen (secondary N) is 1. The number of hydrogen-bond donors (Lipinski definition) is 1. The quantitative estimate of drug-likeness (QED) is 0.792. The predicted octanol–water partition coefficient (Wildman–Crippen LogP) is 1.95. The number of amides is 2. The molecule has 2 aromatic carbocycles. The second-order valence-corrected chi connectivity index (χ2v) is 6.31. The van der Waals surface area contributed by atoms with Crippen LogP contribution in [0.25, 0.3) is 10.8 Å². The highest BCUT2D eigenvalue weighted by atomic mass is 32.1. The van der Waals surface area contributed by atoms with E-state index in [0.29, 0.717) is 24.3 Å². The summed E-state index contributed by atoms with van der Waals surface area (Å²) in [5.41, 5.74) is 1.01. The summed E-state index contributed by atoms with van der Waals surface area (Å²) in [5.74, 6) is -0.251. The van der Waals surface area contributed by atoms with Gasteiger partial charge >= 0.3 is 0 Å². The molecule has 1 fully saturated rings. The molecular weight excluding hydrogens is 324 g/mol. The molecule has 4 rings (SSSR count). The van der Waals surface area contributed by atoms with Crippen LogP contribution in [-0.2, 0) is 0 Å². The minimum absolute atomic E-state index is 0.0352. The summed E-state index contributed by atoms with van der Waals surface area (Å²) in [6.45, 7) is 0.986. The smallest absolute Gasteiger partial charge is 0.275 e. The average Bonchev–Trinajstić information content (AvgIpc) is 3.11. The van der Waals surface area contributed by atoms with Crippen LogP contribution in [-0.4, -0.2) is 45.4 Å². The van der Waals surface area contributed by atoms with Crippen LogP contribution < -0.4 is 5.32 Å². The summed E-state index contributed by atoms with van der Waals surface area (Å²) in [6, 6.07) is 13.4. The summed E-state index contributed by atoms with van der Waals surface area (Å²) in [5, 5.41) is 10.4. The molecule has 2 heterocycles. The highest BCUT2D eigenvalue weighted by Gasteiger charge is 2.33. The van der Waals surface area contributed by atoms with Gasteiger partial charge in [-0.15, -0.1) is 5.10 Å². The van der Waals surface area contributed by atoms with E-state index in [1.165, 1.54) is 0 Å². The van der Waals surface area contributed by atoms with Crippen molar-refractivity contribution in [2.75, 3.05) is 13.1 Å². The SMILES string of the molecule is O=C(NC1CN(C(=O)c2csnn2)C1)c1cccc2ccccc12. The summed E-state index contributed by atoms with van der Waals surface area (Å²) in [4.78, 5) is 26.3. The molecule has 0 saturated carbocycles. The number of fused-ring (bicyclic) bond motifs is 1. The van der Waals surface area contributed by atoms with Gasteiger partial charge in [-0.2, -0.15) is 0 Å². The molecule has 0 unspecified atom stereocenters. The maximum Gasteiger partial charge on any atom is 0.275 e. The molecule has 0 radical (unpaired) electrons. The second-order valence-electron chi connectivity index (χ2n) is 5.70. The fourth-order valence-electron chi connectivity index (χ4n) is 2.84. The van der Waals surface area contributed by atoms with E-state index in [1.807, 2.05) is 42.5 Å². The van der Waals surface area contributed by atoms with Gasteiger partial charge in [0.25, 0.3) is 11.8 Å². The molecule has 0 atom stereocenters. The molecule has 1 aliphatic rings. The van der Waals surface area contributed by atoms with Gasteiger partial charge in [0.15, 0.2) is 5.69 Å². The normalized spacial score (nSPS) is 14.4. The zero-order valence-corrected chi connectivity index (χ0v) is 13.5. The maximum absolute atomic E-state index is 12.5. The van der Waals surface area contributed by atoms with Crippen LogP contribution >= 0.6 is 11.5 Å². The fourth-order valence-corrected chi connectivity index (χ4v) is 3.27. The molecule has 1 N–H and O–H groups in total. The minimum atomic E-state index is -0.139. The zero-order chi connectivity index (χ0) is 16.5. The molecule has 7 heteroatoms. The first-order valence-electron chi connectivity index (χ1n) is 7.57. The monoisotopic (exact) mass is 338 g/mol. The number of carbonyl (C=O) groups excluding carboxylic acids is 2. The average molecular weight is 338 g/mol. The van der Waals surface area contributed by atoms with Crippen molar-refractivity contribution in [1.82, 2.24) is 19.8 Å². The van der Waals surface area contributed by atoms with Crippen molar-refractivity contribution in [2.24, 2.45) is 0 Å². The molecule has 1 aliphatic heterocycles. The van der Waals surface area contributed by atoms with Crippen molar-refractivity contribution in [3.63, 3.8) is 0 Å². The van der Waals surface area contributed by atoms with Crippen LogP contribution in [0.5, 0.6) is 0 Å². The topological polar surface area (TPSA) is 75.2 Å². The molecule has 120 valence electrons. The zero-order valence-electron chi connectivity index (χ0n) is 12.7. The number of nitrogens with zero attached hydrogens (tertiary/aromatic N) is 3. The predicted molar refractivity (Wildman–Crippen MR) is 91.0 cm³/mol. The Morgan fingerprint density at radius 2 is 1.92 bits per heavy atom. The van der Waals surface area contributed by atoms with Crippen molar-refractivity contribution in [3.8, 4) is 0 Å². The Hall–Kier alpha value is -2.80. The molecule has 0 bridgehead atoms. The van der Waals surface area contributed by atoms with Crippen molar-refractivity contribution >= 4 is 34.1 Å². The third-order valence-corrected chi connectivity index (χ3v) is 4.62. The molecular formula is C17H14N4O2S. The van der Waals surface area contributed by atoms with Gasteiger partial charge in [-0.3, -0.25) is 9.59 Å². The summed E-state index contributed by atoms with van der Waals surface area (Å²) in [7, 11) is 0. The van der Waals surface area contributed by atoms with Crippen LogP contribution in [0, 0.1) is 0 Å². The summed E-state index contributed by atoms with van der Waals surface area (Å²) < 4.78 is 3.69. The van der Waals surface area contributed by atoms with Crippen molar-refractivity contribution in [1.29, 1.82) is 0 Å². The number of likely N-dealkylation sites (tertiary alicyclic amines) is 1. The molecule has 0 spiro atoms.